The van der Waals surface area contributed by atoms with Crippen LogP contribution in [0.25, 0.3) is 0 Å². The van der Waals surface area contributed by atoms with Crippen molar-refractivity contribution in [2.24, 2.45) is 0 Å². The Bertz CT molecular complexity index is 427. The maximum absolute atomic E-state index is 10.3. The maximum atomic E-state index is 10.3. The Morgan fingerprint density at radius 1 is 1.19 bits per heavy atom. The fraction of sp³-hybridized carbons (Fsp3) is 0.647. The monoisotopic (exact) mass is 292 g/mol. The van der Waals surface area contributed by atoms with Crippen LogP contribution in [0.15, 0.2) is 24.3 Å². The van der Waals surface area contributed by atoms with Crippen molar-refractivity contribution in [2.45, 2.75) is 38.8 Å². The van der Waals surface area contributed by atoms with Crippen molar-refractivity contribution in [3.05, 3.63) is 29.8 Å². The maximum Gasteiger partial charge on any atom is 0.0766 e. The van der Waals surface area contributed by atoms with E-state index in [2.05, 4.69) is 34.5 Å². The highest BCUT2D eigenvalue weighted by Gasteiger charge is 2.21. The molecule has 0 amide bonds. The number of anilines is 1. The summed E-state index contributed by atoms with van der Waals surface area (Å²) in [4.78, 5) is 2.38. The number of nitrogens with zero attached hydrogens (tertiary/aromatic N) is 1. The fourth-order valence-electron chi connectivity index (χ4n) is 2.70. The SMILES string of the molecule is CCC(O)(CC)CNCc1ccccc1N1CCOCC1. The van der Waals surface area contributed by atoms with Crippen LogP contribution in [0.1, 0.15) is 32.3 Å². The molecule has 0 saturated carbocycles. The van der Waals surface area contributed by atoms with Crippen LogP contribution in [0.5, 0.6) is 0 Å². The third kappa shape index (κ3) is 4.43. The lowest BCUT2D eigenvalue weighted by atomic mass is 9.97. The molecule has 0 radical (unpaired) electrons. The lowest BCUT2D eigenvalue weighted by Crippen LogP contribution is -2.40. The number of hydrogen-bond donors (Lipinski definition) is 2. The molecule has 1 fully saturated rings. The summed E-state index contributed by atoms with van der Waals surface area (Å²) in [5, 5.41) is 13.8. The molecule has 0 unspecified atom stereocenters. The fourth-order valence-corrected chi connectivity index (χ4v) is 2.70. The minimum Gasteiger partial charge on any atom is -0.389 e. The van der Waals surface area contributed by atoms with Crippen molar-refractivity contribution < 1.29 is 9.84 Å². The van der Waals surface area contributed by atoms with Gasteiger partial charge in [0.1, 0.15) is 0 Å². The van der Waals surface area contributed by atoms with E-state index in [0.717, 1.165) is 45.7 Å². The van der Waals surface area contributed by atoms with Gasteiger partial charge in [-0.2, -0.15) is 0 Å². The predicted octanol–water partition coefficient (Wildman–Crippen LogP) is 2.16. The molecule has 21 heavy (non-hydrogen) atoms. The normalized spacial score (nSPS) is 16.2. The molecule has 0 aliphatic carbocycles. The Hall–Kier alpha value is -1.10. The van der Waals surface area contributed by atoms with Crippen molar-refractivity contribution in [3.63, 3.8) is 0 Å². The zero-order valence-corrected chi connectivity index (χ0v) is 13.3. The van der Waals surface area contributed by atoms with E-state index in [4.69, 9.17) is 4.74 Å². The van der Waals surface area contributed by atoms with E-state index in [1.54, 1.807) is 0 Å². The topological polar surface area (TPSA) is 44.7 Å². The van der Waals surface area contributed by atoms with Crippen LogP contribution in [0.2, 0.25) is 0 Å². The van der Waals surface area contributed by atoms with Crippen molar-refractivity contribution in [2.75, 3.05) is 37.7 Å². The van der Waals surface area contributed by atoms with Crippen LogP contribution in [-0.2, 0) is 11.3 Å². The molecule has 1 aliphatic rings. The quantitative estimate of drug-likeness (QED) is 0.808. The summed E-state index contributed by atoms with van der Waals surface area (Å²) < 4.78 is 5.43. The molecular formula is C17H28N2O2. The third-order valence-electron chi connectivity index (χ3n) is 4.43. The van der Waals surface area contributed by atoms with Gasteiger partial charge in [0.2, 0.25) is 0 Å². The molecule has 0 aromatic heterocycles. The first-order valence-corrected chi connectivity index (χ1v) is 8.02. The molecule has 0 bridgehead atoms. The summed E-state index contributed by atoms with van der Waals surface area (Å²) >= 11 is 0. The number of para-hydroxylation sites is 1. The molecule has 4 nitrogen and oxygen atoms in total. The van der Waals surface area contributed by atoms with E-state index in [1.807, 2.05) is 13.8 Å². The van der Waals surface area contributed by atoms with Crippen LogP contribution < -0.4 is 10.2 Å². The van der Waals surface area contributed by atoms with Crippen molar-refractivity contribution in [1.29, 1.82) is 0 Å². The second-order valence-corrected chi connectivity index (χ2v) is 5.76. The molecule has 0 spiro atoms. The Balaban J connectivity index is 1.96. The molecule has 4 heteroatoms. The molecule has 0 atom stereocenters. The molecular weight excluding hydrogens is 264 g/mol. The predicted molar refractivity (Wildman–Crippen MR) is 86.7 cm³/mol. The van der Waals surface area contributed by atoms with Crippen molar-refractivity contribution in [1.82, 2.24) is 5.32 Å². The first-order valence-electron chi connectivity index (χ1n) is 8.02. The van der Waals surface area contributed by atoms with Crippen LogP contribution in [0, 0.1) is 0 Å². The molecule has 2 N–H and O–H groups in total. The molecule has 1 aliphatic heterocycles. The van der Waals surface area contributed by atoms with Gasteiger partial charge in [-0.3, -0.25) is 0 Å². The molecule has 118 valence electrons. The van der Waals surface area contributed by atoms with E-state index in [-0.39, 0.29) is 0 Å². The average molecular weight is 292 g/mol. The highest BCUT2D eigenvalue weighted by atomic mass is 16.5. The van der Waals surface area contributed by atoms with Gasteiger partial charge in [0.15, 0.2) is 0 Å². The summed E-state index contributed by atoms with van der Waals surface area (Å²) in [5.74, 6) is 0. The summed E-state index contributed by atoms with van der Waals surface area (Å²) in [5.41, 5.74) is 1.98. The van der Waals surface area contributed by atoms with Crippen LogP contribution in [-0.4, -0.2) is 43.6 Å². The van der Waals surface area contributed by atoms with Gasteiger partial charge in [-0.15, -0.1) is 0 Å². The highest BCUT2D eigenvalue weighted by Crippen LogP contribution is 2.21. The average Bonchev–Trinajstić information content (AvgIpc) is 2.56. The Kier molecular flexibility index (Phi) is 6.03. The standard InChI is InChI=1S/C17H28N2O2/c1-3-17(20,4-2)14-18-13-15-7-5-6-8-16(15)19-9-11-21-12-10-19/h5-8,18,20H,3-4,9-14H2,1-2H3. The number of aliphatic hydroxyl groups is 1. The second-order valence-electron chi connectivity index (χ2n) is 5.76. The molecule has 1 saturated heterocycles. The Morgan fingerprint density at radius 2 is 1.86 bits per heavy atom. The molecule has 1 heterocycles. The zero-order chi connectivity index (χ0) is 15.1. The van der Waals surface area contributed by atoms with Gasteiger partial charge in [0.25, 0.3) is 0 Å². The van der Waals surface area contributed by atoms with E-state index in [1.165, 1.54) is 11.3 Å². The van der Waals surface area contributed by atoms with Crippen LogP contribution in [0.3, 0.4) is 0 Å². The summed E-state index contributed by atoms with van der Waals surface area (Å²) in [6.45, 7) is 8.99. The number of nitrogens with one attached hydrogen (secondary N) is 1. The Labute approximate surface area is 128 Å². The van der Waals surface area contributed by atoms with Crippen LogP contribution in [0.4, 0.5) is 5.69 Å². The summed E-state index contributed by atoms with van der Waals surface area (Å²) in [7, 11) is 0. The second kappa shape index (κ2) is 7.78. The van der Waals surface area contributed by atoms with E-state index >= 15 is 0 Å². The lowest BCUT2D eigenvalue weighted by Gasteiger charge is -2.31. The van der Waals surface area contributed by atoms with Gasteiger partial charge in [-0.25, -0.2) is 0 Å². The molecule has 2 rings (SSSR count). The number of hydrogen-bond acceptors (Lipinski definition) is 4. The number of benzene rings is 1. The van der Waals surface area contributed by atoms with E-state index in [9.17, 15) is 5.11 Å². The lowest BCUT2D eigenvalue weighted by molar-refractivity contribution is 0.0323. The van der Waals surface area contributed by atoms with Gasteiger partial charge in [0.05, 0.1) is 18.8 Å². The van der Waals surface area contributed by atoms with Crippen molar-refractivity contribution in [3.8, 4) is 0 Å². The van der Waals surface area contributed by atoms with Crippen LogP contribution >= 0.6 is 0 Å². The van der Waals surface area contributed by atoms with Gasteiger partial charge in [-0.1, -0.05) is 32.0 Å². The first-order chi connectivity index (χ1) is 10.2. The van der Waals surface area contributed by atoms with E-state index in [0.29, 0.717) is 6.54 Å². The number of ether oxygens (including phenoxy) is 1. The Morgan fingerprint density at radius 3 is 2.52 bits per heavy atom. The van der Waals surface area contributed by atoms with Gasteiger partial charge < -0.3 is 20.1 Å². The zero-order valence-electron chi connectivity index (χ0n) is 13.3. The minimum absolute atomic E-state index is 0.589. The third-order valence-corrected chi connectivity index (χ3v) is 4.43. The smallest absolute Gasteiger partial charge is 0.0766 e. The summed E-state index contributed by atoms with van der Waals surface area (Å²) in [6.07, 6.45) is 1.56. The summed E-state index contributed by atoms with van der Waals surface area (Å²) in [6, 6.07) is 8.50. The number of rotatable bonds is 7. The minimum atomic E-state index is -0.589. The first kappa shape index (κ1) is 16.3. The van der Waals surface area contributed by atoms with Gasteiger partial charge >= 0.3 is 0 Å². The van der Waals surface area contributed by atoms with E-state index < -0.39 is 5.60 Å². The highest BCUT2D eigenvalue weighted by molar-refractivity contribution is 5.53. The largest absolute Gasteiger partial charge is 0.389 e. The van der Waals surface area contributed by atoms with Crippen molar-refractivity contribution >= 4 is 5.69 Å². The molecule has 1 aromatic carbocycles. The molecule has 1 aromatic rings. The van der Waals surface area contributed by atoms with Gasteiger partial charge in [0, 0.05) is 31.9 Å². The van der Waals surface area contributed by atoms with Gasteiger partial charge in [-0.05, 0) is 24.5 Å². The number of morpholine rings is 1.